The molecule has 2 rings (SSSR count). The minimum atomic E-state index is 0.333. The van der Waals surface area contributed by atoms with E-state index in [1.807, 2.05) is 0 Å². The summed E-state index contributed by atoms with van der Waals surface area (Å²) in [5.74, 6) is 0. The van der Waals surface area contributed by atoms with Gasteiger partial charge in [-0.25, -0.2) is 4.68 Å². The Morgan fingerprint density at radius 1 is 1.46 bits per heavy atom. The summed E-state index contributed by atoms with van der Waals surface area (Å²) in [4.78, 5) is 0. The number of nitrogens with zero attached hydrogens (tertiary/aromatic N) is 3. The quantitative estimate of drug-likeness (QED) is 0.781. The highest BCUT2D eigenvalue weighted by Crippen LogP contribution is 2.27. The minimum Gasteiger partial charge on any atom is -0.381 e. The highest BCUT2D eigenvalue weighted by Gasteiger charge is 2.20. The normalized spacial score (nSPS) is 19.2. The summed E-state index contributed by atoms with van der Waals surface area (Å²) >= 11 is 9.22. The summed E-state index contributed by atoms with van der Waals surface area (Å²) in [5, 5.41) is 8.40. The molecule has 0 unspecified atom stereocenters. The Morgan fingerprint density at radius 3 is 2.69 bits per heavy atom. The molecule has 0 aromatic carbocycles. The molecular formula is C7H9BrClN3O. The Morgan fingerprint density at radius 2 is 2.15 bits per heavy atom. The third-order valence-corrected chi connectivity index (χ3v) is 3.25. The predicted octanol–water partition coefficient (Wildman–Crippen LogP) is 2.05. The third-order valence-electron chi connectivity index (χ3n) is 2.14. The summed E-state index contributed by atoms with van der Waals surface area (Å²) in [6.07, 6.45) is 1.91. The van der Waals surface area contributed by atoms with Gasteiger partial charge < -0.3 is 4.74 Å². The molecule has 1 aromatic heterocycles. The second kappa shape index (κ2) is 3.94. The van der Waals surface area contributed by atoms with Crippen LogP contribution >= 0.6 is 27.5 Å². The molecule has 1 aromatic rings. The van der Waals surface area contributed by atoms with Crippen molar-refractivity contribution in [2.75, 3.05) is 13.2 Å². The number of halogens is 2. The third kappa shape index (κ3) is 1.87. The lowest BCUT2D eigenvalue weighted by Crippen LogP contribution is -2.20. The van der Waals surface area contributed by atoms with Gasteiger partial charge in [0.05, 0.1) is 6.04 Å². The van der Waals surface area contributed by atoms with E-state index >= 15 is 0 Å². The molecule has 0 atom stereocenters. The molecule has 4 nitrogen and oxygen atoms in total. The Hall–Kier alpha value is -0.130. The second-order valence-corrected chi connectivity index (χ2v) is 4.07. The average Bonchev–Trinajstić information content (AvgIpc) is 2.49. The van der Waals surface area contributed by atoms with Crippen LogP contribution in [0.5, 0.6) is 0 Å². The van der Waals surface area contributed by atoms with Crippen molar-refractivity contribution in [3.8, 4) is 0 Å². The van der Waals surface area contributed by atoms with Crippen molar-refractivity contribution in [3.63, 3.8) is 0 Å². The van der Waals surface area contributed by atoms with Crippen LogP contribution in [-0.4, -0.2) is 28.2 Å². The van der Waals surface area contributed by atoms with Crippen LogP contribution in [0.1, 0.15) is 18.9 Å². The van der Waals surface area contributed by atoms with E-state index in [2.05, 4.69) is 26.2 Å². The minimum absolute atomic E-state index is 0.333. The fourth-order valence-corrected chi connectivity index (χ4v) is 1.89. The van der Waals surface area contributed by atoms with Crippen LogP contribution in [0.25, 0.3) is 0 Å². The van der Waals surface area contributed by atoms with Crippen LogP contribution in [-0.2, 0) is 4.74 Å². The van der Waals surface area contributed by atoms with Crippen LogP contribution in [0, 0.1) is 0 Å². The second-order valence-electron chi connectivity index (χ2n) is 2.96. The van der Waals surface area contributed by atoms with E-state index < -0.39 is 0 Å². The molecule has 6 heteroatoms. The van der Waals surface area contributed by atoms with Crippen LogP contribution < -0.4 is 0 Å². The van der Waals surface area contributed by atoms with Crippen LogP contribution in [0.4, 0.5) is 0 Å². The summed E-state index contributed by atoms with van der Waals surface area (Å²) < 4.78 is 7.62. The zero-order valence-electron chi connectivity index (χ0n) is 6.91. The SMILES string of the molecule is Clc1c(Br)nnn1C1CCOCC1. The number of rotatable bonds is 1. The number of aromatic nitrogens is 3. The maximum absolute atomic E-state index is 5.99. The molecule has 1 saturated heterocycles. The van der Waals surface area contributed by atoms with Crippen molar-refractivity contribution in [1.82, 2.24) is 15.0 Å². The zero-order valence-corrected chi connectivity index (χ0v) is 9.25. The van der Waals surface area contributed by atoms with E-state index in [1.54, 1.807) is 4.68 Å². The van der Waals surface area contributed by atoms with Crippen molar-refractivity contribution in [1.29, 1.82) is 0 Å². The molecule has 72 valence electrons. The molecule has 0 radical (unpaired) electrons. The maximum atomic E-state index is 5.99. The van der Waals surface area contributed by atoms with Crippen LogP contribution in [0.15, 0.2) is 4.60 Å². The monoisotopic (exact) mass is 265 g/mol. The van der Waals surface area contributed by atoms with Crippen LogP contribution in [0.3, 0.4) is 0 Å². The Bertz CT molecular complexity index is 298. The topological polar surface area (TPSA) is 39.9 Å². The highest BCUT2D eigenvalue weighted by atomic mass is 79.9. The van der Waals surface area contributed by atoms with E-state index in [-0.39, 0.29) is 0 Å². The molecule has 0 saturated carbocycles. The van der Waals surface area contributed by atoms with Crippen molar-refractivity contribution in [2.45, 2.75) is 18.9 Å². The number of ether oxygens (including phenoxy) is 1. The van der Waals surface area contributed by atoms with E-state index in [4.69, 9.17) is 16.3 Å². The van der Waals surface area contributed by atoms with Crippen molar-refractivity contribution < 1.29 is 4.74 Å². The molecule has 0 spiro atoms. The fraction of sp³-hybridized carbons (Fsp3) is 0.714. The van der Waals surface area contributed by atoms with Gasteiger partial charge in [-0.15, -0.1) is 5.10 Å². The molecule has 1 aliphatic rings. The van der Waals surface area contributed by atoms with Crippen LogP contribution in [0.2, 0.25) is 5.15 Å². The van der Waals surface area contributed by atoms with Gasteiger partial charge in [0.25, 0.3) is 0 Å². The van der Waals surface area contributed by atoms with Gasteiger partial charge in [-0.2, -0.15) is 0 Å². The average molecular weight is 267 g/mol. The Balaban J connectivity index is 2.18. The molecule has 13 heavy (non-hydrogen) atoms. The standard InChI is InChI=1S/C7H9BrClN3O/c8-6-7(9)12(11-10-6)5-1-3-13-4-2-5/h5H,1-4H2. The maximum Gasteiger partial charge on any atom is 0.167 e. The van der Waals surface area contributed by atoms with Gasteiger partial charge in [0.1, 0.15) is 0 Å². The van der Waals surface area contributed by atoms with E-state index in [9.17, 15) is 0 Å². The lowest BCUT2D eigenvalue weighted by atomic mass is 10.1. The lowest BCUT2D eigenvalue weighted by molar-refractivity contribution is 0.0658. The fourth-order valence-electron chi connectivity index (χ4n) is 1.43. The van der Waals surface area contributed by atoms with Crippen molar-refractivity contribution in [2.24, 2.45) is 0 Å². The van der Waals surface area contributed by atoms with Gasteiger partial charge in [-0.05, 0) is 28.8 Å². The highest BCUT2D eigenvalue weighted by molar-refractivity contribution is 9.10. The molecule has 1 aliphatic heterocycles. The zero-order chi connectivity index (χ0) is 9.26. The first kappa shape index (κ1) is 9.43. The number of hydrogen-bond donors (Lipinski definition) is 0. The lowest BCUT2D eigenvalue weighted by Gasteiger charge is -2.22. The van der Waals surface area contributed by atoms with Gasteiger partial charge >= 0.3 is 0 Å². The molecule has 0 N–H and O–H groups in total. The molecule has 0 bridgehead atoms. The molecule has 2 heterocycles. The smallest absolute Gasteiger partial charge is 0.167 e. The summed E-state index contributed by atoms with van der Waals surface area (Å²) in [7, 11) is 0. The summed E-state index contributed by atoms with van der Waals surface area (Å²) in [6.45, 7) is 1.55. The van der Waals surface area contributed by atoms with E-state index in [0.717, 1.165) is 26.1 Å². The summed E-state index contributed by atoms with van der Waals surface area (Å²) in [5.41, 5.74) is 0. The first-order valence-corrected chi connectivity index (χ1v) is 5.30. The molecule has 1 fully saturated rings. The van der Waals surface area contributed by atoms with Crippen molar-refractivity contribution >= 4 is 27.5 Å². The first-order chi connectivity index (χ1) is 6.29. The van der Waals surface area contributed by atoms with Gasteiger partial charge in [-0.3, -0.25) is 0 Å². The van der Waals surface area contributed by atoms with Gasteiger partial charge in [0, 0.05) is 13.2 Å². The number of hydrogen-bond acceptors (Lipinski definition) is 3. The van der Waals surface area contributed by atoms with Crippen molar-refractivity contribution in [3.05, 3.63) is 9.76 Å². The first-order valence-electron chi connectivity index (χ1n) is 4.13. The van der Waals surface area contributed by atoms with Gasteiger partial charge in [0.15, 0.2) is 9.76 Å². The Labute approximate surface area is 89.3 Å². The van der Waals surface area contributed by atoms with Gasteiger partial charge in [-0.1, -0.05) is 16.8 Å². The van der Waals surface area contributed by atoms with Gasteiger partial charge in [0.2, 0.25) is 0 Å². The molecule has 0 amide bonds. The van der Waals surface area contributed by atoms with E-state index in [0.29, 0.717) is 15.8 Å². The predicted molar refractivity (Wildman–Crippen MR) is 51.8 cm³/mol. The largest absolute Gasteiger partial charge is 0.381 e. The molecular weight excluding hydrogens is 257 g/mol. The van der Waals surface area contributed by atoms with E-state index in [1.165, 1.54) is 0 Å². The molecule has 0 aliphatic carbocycles. The summed E-state index contributed by atoms with van der Waals surface area (Å²) in [6, 6.07) is 0.333. The Kier molecular flexibility index (Phi) is 2.86.